The van der Waals surface area contributed by atoms with E-state index in [1.807, 2.05) is 4.90 Å². The molecule has 13 nitrogen and oxygen atoms in total. The van der Waals surface area contributed by atoms with Gasteiger partial charge in [0.15, 0.2) is 0 Å². The summed E-state index contributed by atoms with van der Waals surface area (Å²) < 4.78 is 23.1. The second kappa shape index (κ2) is 12.8. The standard InChI is InChI=1S/C28H44N4O9/c33-24-12-22-25(34)26(35)23(41-22)16-31(27(36)17-1-6-38-7-2-17)15-20-14-30(5-10-40-20)28(37)21-11-18(29-24)13-32(21)19-3-8-39-9-4-19/h17-23,25-26,34-35H,1-16H2,(H,29,33)/t18-,20-,21-,22-,23+,25-,26+/m0/s1. The second-order valence-corrected chi connectivity index (χ2v) is 12.4. The summed E-state index contributed by atoms with van der Waals surface area (Å²) in [7, 11) is 0. The quantitative estimate of drug-likeness (QED) is 0.338. The molecule has 0 aromatic rings. The molecule has 6 bridgehead atoms. The van der Waals surface area contributed by atoms with Crippen molar-refractivity contribution in [2.75, 3.05) is 65.8 Å². The monoisotopic (exact) mass is 580 g/mol. The van der Waals surface area contributed by atoms with Crippen LogP contribution in [0.2, 0.25) is 0 Å². The fourth-order valence-corrected chi connectivity index (χ4v) is 7.40. The zero-order valence-corrected chi connectivity index (χ0v) is 23.6. The first-order valence-corrected chi connectivity index (χ1v) is 15.3. The van der Waals surface area contributed by atoms with E-state index in [-0.39, 0.29) is 61.3 Å². The van der Waals surface area contributed by atoms with Gasteiger partial charge in [-0.3, -0.25) is 19.3 Å². The van der Waals surface area contributed by atoms with Gasteiger partial charge in [0.2, 0.25) is 17.7 Å². The van der Waals surface area contributed by atoms with Crippen LogP contribution in [0.4, 0.5) is 0 Å². The van der Waals surface area contributed by atoms with Crippen LogP contribution >= 0.6 is 0 Å². The Morgan fingerprint density at radius 1 is 0.854 bits per heavy atom. The van der Waals surface area contributed by atoms with E-state index in [4.69, 9.17) is 18.9 Å². The molecule has 6 rings (SSSR count). The normalized spacial score (nSPS) is 38.7. The lowest BCUT2D eigenvalue weighted by Crippen LogP contribution is -2.57. The van der Waals surface area contributed by atoms with Crippen molar-refractivity contribution >= 4 is 17.7 Å². The Labute approximate surface area is 240 Å². The Morgan fingerprint density at radius 2 is 1.56 bits per heavy atom. The van der Waals surface area contributed by atoms with Gasteiger partial charge in [-0.2, -0.15) is 0 Å². The maximum absolute atomic E-state index is 14.0. The number of ether oxygens (including phenoxy) is 4. The van der Waals surface area contributed by atoms with Crippen LogP contribution in [0.3, 0.4) is 0 Å². The smallest absolute Gasteiger partial charge is 0.240 e. The van der Waals surface area contributed by atoms with E-state index in [1.165, 1.54) is 0 Å². The summed E-state index contributed by atoms with van der Waals surface area (Å²) in [6.45, 7) is 4.37. The van der Waals surface area contributed by atoms with E-state index in [0.29, 0.717) is 71.9 Å². The molecule has 0 aromatic heterocycles. The zero-order valence-electron chi connectivity index (χ0n) is 23.6. The summed E-state index contributed by atoms with van der Waals surface area (Å²) in [5, 5.41) is 24.7. The van der Waals surface area contributed by atoms with Crippen LogP contribution in [0, 0.1) is 5.92 Å². The minimum atomic E-state index is -1.25. The van der Waals surface area contributed by atoms with Crippen molar-refractivity contribution in [2.24, 2.45) is 5.92 Å². The number of amides is 3. The number of aliphatic hydroxyl groups excluding tert-OH is 2. The number of hydrogen-bond donors (Lipinski definition) is 3. The molecule has 3 N–H and O–H groups in total. The highest BCUT2D eigenvalue weighted by molar-refractivity contribution is 5.83. The number of aliphatic hydroxyl groups is 2. The Balaban J connectivity index is 1.26. The maximum Gasteiger partial charge on any atom is 0.240 e. The topological polar surface area (TPSA) is 150 Å². The molecular weight excluding hydrogens is 536 g/mol. The van der Waals surface area contributed by atoms with Crippen molar-refractivity contribution in [3.05, 3.63) is 0 Å². The molecule has 230 valence electrons. The van der Waals surface area contributed by atoms with Crippen LogP contribution in [0.25, 0.3) is 0 Å². The van der Waals surface area contributed by atoms with Gasteiger partial charge in [-0.1, -0.05) is 0 Å². The van der Waals surface area contributed by atoms with E-state index < -0.39 is 30.5 Å². The minimum absolute atomic E-state index is 0.0326. The van der Waals surface area contributed by atoms with Gasteiger partial charge in [0.1, 0.15) is 18.3 Å². The maximum atomic E-state index is 14.0. The van der Waals surface area contributed by atoms with Gasteiger partial charge in [-0.15, -0.1) is 0 Å². The molecule has 0 aromatic carbocycles. The fourth-order valence-electron chi connectivity index (χ4n) is 7.40. The van der Waals surface area contributed by atoms with E-state index in [0.717, 1.165) is 12.8 Å². The molecule has 0 aliphatic carbocycles. The molecule has 6 aliphatic heterocycles. The number of hydrogen-bond acceptors (Lipinski definition) is 10. The first kappa shape index (κ1) is 29.2. The summed E-state index contributed by atoms with van der Waals surface area (Å²) in [6.07, 6.45) is -1.36. The predicted octanol–water partition coefficient (Wildman–Crippen LogP) is -1.90. The van der Waals surface area contributed by atoms with Crippen LogP contribution in [-0.4, -0.2) is 157 Å². The van der Waals surface area contributed by atoms with Crippen molar-refractivity contribution in [3.8, 4) is 0 Å². The average Bonchev–Trinajstić information content (AvgIpc) is 3.53. The fraction of sp³-hybridized carbons (Fsp3) is 0.893. The van der Waals surface area contributed by atoms with Crippen LogP contribution in [0.5, 0.6) is 0 Å². The van der Waals surface area contributed by atoms with E-state index in [9.17, 15) is 24.6 Å². The third-order valence-electron chi connectivity index (χ3n) is 9.65. The molecule has 0 spiro atoms. The van der Waals surface area contributed by atoms with Crippen molar-refractivity contribution in [2.45, 2.75) is 87.2 Å². The molecule has 13 heteroatoms. The van der Waals surface area contributed by atoms with Gasteiger partial charge in [0.05, 0.1) is 31.3 Å². The van der Waals surface area contributed by atoms with Crippen LogP contribution < -0.4 is 5.32 Å². The minimum Gasteiger partial charge on any atom is -0.388 e. The summed E-state index contributed by atoms with van der Waals surface area (Å²) >= 11 is 0. The number of fused-ring (bicyclic) bond motifs is 6. The third-order valence-corrected chi connectivity index (χ3v) is 9.65. The molecule has 7 atom stereocenters. The summed E-state index contributed by atoms with van der Waals surface area (Å²) in [6, 6.07) is -0.382. The first-order valence-electron chi connectivity index (χ1n) is 15.3. The summed E-state index contributed by atoms with van der Waals surface area (Å²) in [5.74, 6) is -0.549. The lowest BCUT2D eigenvalue weighted by Gasteiger charge is -2.40. The number of carbonyl (C=O) groups is 3. The van der Waals surface area contributed by atoms with Crippen LogP contribution in [-0.2, 0) is 33.3 Å². The Bertz CT molecular complexity index is 959. The predicted molar refractivity (Wildman–Crippen MR) is 143 cm³/mol. The molecule has 41 heavy (non-hydrogen) atoms. The Hall–Kier alpha value is -1.87. The molecular formula is C28H44N4O9. The van der Waals surface area contributed by atoms with Crippen LogP contribution in [0.15, 0.2) is 0 Å². The molecule has 6 aliphatic rings. The number of rotatable bonds is 2. The molecule has 6 heterocycles. The Morgan fingerprint density at radius 3 is 2.32 bits per heavy atom. The first-order chi connectivity index (χ1) is 19.9. The molecule has 6 saturated heterocycles. The van der Waals surface area contributed by atoms with Gasteiger partial charge in [-0.05, 0) is 32.1 Å². The largest absolute Gasteiger partial charge is 0.388 e. The molecule has 6 fully saturated rings. The van der Waals surface area contributed by atoms with Gasteiger partial charge in [0.25, 0.3) is 0 Å². The van der Waals surface area contributed by atoms with Crippen LogP contribution in [0.1, 0.15) is 38.5 Å². The highest BCUT2D eigenvalue weighted by Gasteiger charge is 2.47. The lowest BCUT2D eigenvalue weighted by molar-refractivity contribution is -0.150. The number of morpholine rings is 1. The number of carbonyl (C=O) groups excluding carboxylic acids is 3. The number of nitrogens with one attached hydrogen (secondary N) is 1. The van der Waals surface area contributed by atoms with Crippen molar-refractivity contribution in [1.29, 1.82) is 0 Å². The Kier molecular flexibility index (Phi) is 9.11. The van der Waals surface area contributed by atoms with E-state index in [2.05, 4.69) is 10.2 Å². The van der Waals surface area contributed by atoms with Crippen molar-refractivity contribution in [1.82, 2.24) is 20.0 Å². The van der Waals surface area contributed by atoms with Gasteiger partial charge >= 0.3 is 0 Å². The third kappa shape index (κ3) is 6.41. The highest BCUT2D eigenvalue weighted by atomic mass is 16.5. The molecule has 3 amide bonds. The number of nitrogens with zero attached hydrogens (tertiary/aromatic N) is 3. The summed E-state index contributed by atoms with van der Waals surface area (Å²) in [5.41, 5.74) is 0. The highest BCUT2D eigenvalue weighted by Crippen LogP contribution is 2.30. The van der Waals surface area contributed by atoms with Gasteiger partial charge < -0.3 is 44.3 Å². The average molecular weight is 581 g/mol. The SMILES string of the molecule is O=C1C[C@@H]2O[C@H](CN(C(=O)C3CCOCC3)C[C@@H]3CN(CCO3)C(=O)[C@@H]3C[C@@H](CN3C3CCOCC3)N1)[C@@H](O)[C@H]2O. The second-order valence-electron chi connectivity index (χ2n) is 12.4. The van der Waals surface area contributed by atoms with E-state index in [1.54, 1.807) is 4.90 Å². The zero-order chi connectivity index (χ0) is 28.5. The molecule has 0 saturated carbocycles. The number of likely N-dealkylation sites (tertiary alicyclic amines) is 1. The van der Waals surface area contributed by atoms with Gasteiger partial charge in [-0.25, -0.2) is 0 Å². The van der Waals surface area contributed by atoms with E-state index >= 15 is 0 Å². The molecule has 0 radical (unpaired) electrons. The lowest BCUT2D eigenvalue weighted by atomic mass is 9.97. The molecule has 0 unspecified atom stereocenters. The van der Waals surface area contributed by atoms with Crippen molar-refractivity contribution < 1.29 is 43.5 Å². The van der Waals surface area contributed by atoms with Gasteiger partial charge in [0, 0.05) is 77.2 Å². The van der Waals surface area contributed by atoms with Crippen molar-refractivity contribution in [3.63, 3.8) is 0 Å². The summed E-state index contributed by atoms with van der Waals surface area (Å²) in [4.78, 5) is 46.6.